The maximum atomic E-state index is 3.53. The number of nitrogens with zero attached hydrogens (tertiary/aromatic N) is 1. The second kappa shape index (κ2) is 4.04. The van der Waals surface area contributed by atoms with Gasteiger partial charge in [0.2, 0.25) is 0 Å². The maximum absolute atomic E-state index is 3.53. The second-order valence-corrected chi connectivity index (χ2v) is 6.42. The molecule has 4 rings (SSSR count). The molecule has 0 bridgehead atoms. The van der Waals surface area contributed by atoms with Crippen LogP contribution in [0.15, 0.2) is 17.0 Å². The van der Waals surface area contributed by atoms with Gasteiger partial charge in [0.05, 0.1) is 5.52 Å². The summed E-state index contributed by atoms with van der Waals surface area (Å²) in [6.07, 6.45) is 2.38. The fraction of sp³-hybridized carbons (Fsp3) is 0.467. The lowest BCUT2D eigenvalue weighted by molar-refractivity contribution is 0.682. The van der Waals surface area contributed by atoms with Crippen LogP contribution in [0.2, 0.25) is 0 Å². The highest BCUT2D eigenvalue weighted by Gasteiger charge is 2.24. The lowest BCUT2D eigenvalue weighted by Gasteiger charge is -2.18. The van der Waals surface area contributed by atoms with Crippen LogP contribution in [0.4, 0.5) is 0 Å². The molecule has 2 aromatic rings. The zero-order valence-electron chi connectivity index (χ0n) is 10.8. The van der Waals surface area contributed by atoms with Crippen LogP contribution in [-0.4, -0.2) is 23.4 Å². The van der Waals surface area contributed by atoms with Gasteiger partial charge in [0, 0.05) is 41.2 Å². The first kappa shape index (κ1) is 10.9. The predicted molar refractivity (Wildman–Crippen MR) is 77.7 cm³/mol. The Labute approximate surface area is 112 Å². The van der Waals surface area contributed by atoms with Gasteiger partial charge in [0.25, 0.3) is 0 Å². The van der Waals surface area contributed by atoms with E-state index in [1.807, 2.05) is 11.8 Å². The van der Waals surface area contributed by atoms with Gasteiger partial charge in [0.15, 0.2) is 0 Å². The summed E-state index contributed by atoms with van der Waals surface area (Å²) in [7, 11) is 0. The molecule has 0 aliphatic carbocycles. The van der Waals surface area contributed by atoms with Gasteiger partial charge < -0.3 is 9.88 Å². The van der Waals surface area contributed by atoms with Crippen LogP contribution in [0.25, 0.3) is 10.9 Å². The van der Waals surface area contributed by atoms with E-state index in [-0.39, 0.29) is 0 Å². The Bertz CT molecular complexity index is 627. The lowest BCUT2D eigenvalue weighted by atomic mass is 10.0. The van der Waals surface area contributed by atoms with E-state index in [1.54, 1.807) is 16.6 Å². The smallest absolute Gasteiger partial charge is 0.0626 e. The van der Waals surface area contributed by atoms with E-state index in [0.717, 1.165) is 13.1 Å². The third-order valence-electron chi connectivity index (χ3n) is 4.26. The fourth-order valence-electron chi connectivity index (χ4n) is 3.47. The van der Waals surface area contributed by atoms with Crippen molar-refractivity contribution < 1.29 is 0 Å². The van der Waals surface area contributed by atoms with Gasteiger partial charge in [-0.25, -0.2) is 0 Å². The van der Waals surface area contributed by atoms with E-state index in [9.17, 15) is 0 Å². The number of thioether (sulfide) groups is 1. The number of benzene rings is 1. The summed E-state index contributed by atoms with van der Waals surface area (Å²) in [4.78, 5) is 1.49. The molecule has 0 saturated carbocycles. The van der Waals surface area contributed by atoms with E-state index in [1.165, 1.54) is 41.1 Å². The Balaban J connectivity index is 2.13. The minimum atomic E-state index is 1.13. The van der Waals surface area contributed by atoms with E-state index in [4.69, 9.17) is 0 Å². The van der Waals surface area contributed by atoms with Crippen LogP contribution >= 0.6 is 11.8 Å². The Hall–Kier alpha value is -0.930. The number of hydrogen-bond acceptors (Lipinski definition) is 2. The van der Waals surface area contributed by atoms with Gasteiger partial charge in [-0.3, -0.25) is 0 Å². The average Bonchev–Trinajstić information content (AvgIpc) is 2.57. The molecule has 1 N–H and O–H groups in total. The Morgan fingerprint density at radius 1 is 1.22 bits per heavy atom. The number of hydrogen-bond donors (Lipinski definition) is 1. The Morgan fingerprint density at radius 2 is 2.11 bits per heavy atom. The summed E-state index contributed by atoms with van der Waals surface area (Å²) in [5, 5.41) is 5.08. The van der Waals surface area contributed by atoms with E-state index in [2.05, 4.69) is 28.9 Å². The number of fused-ring (bicyclic) bond motifs is 3. The van der Waals surface area contributed by atoms with Crippen molar-refractivity contribution in [3.8, 4) is 0 Å². The van der Waals surface area contributed by atoms with Gasteiger partial charge in [-0.1, -0.05) is 6.07 Å². The SMILES string of the molecule is Cc1ccc2c3c1c1c(n3CCS2)CCNCC1. The molecule has 0 atom stereocenters. The van der Waals surface area contributed by atoms with Gasteiger partial charge >= 0.3 is 0 Å². The number of nitrogens with one attached hydrogen (secondary N) is 1. The average molecular weight is 258 g/mol. The van der Waals surface area contributed by atoms with Gasteiger partial charge in [-0.2, -0.15) is 0 Å². The van der Waals surface area contributed by atoms with Gasteiger partial charge in [-0.15, -0.1) is 11.8 Å². The molecule has 18 heavy (non-hydrogen) atoms. The maximum Gasteiger partial charge on any atom is 0.0626 e. The molecule has 0 unspecified atom stereocenters. The highest BCUT2D eigenvalue weighted by Crippen LogP contribution is 2.39. The van der Waals surface area contributed by atoms with Crippen molar-refractivity contribution in [1.29, 1.82) is 0 Å². The van der Waals surface area contributed by atoms with E-state index >= 15 is 0 Å². The minimum Gasteiger partial charge on any atom is -0.343 e. The molecule has 3 heteroatoms. The first-order chi connectivity index (χ1) is 8.86. The highest BCUT2D eigenvalue weighted by atomic mass is 32.2. The monoisotopic (exact) mass is 258 g/mol. The predicted octanol–water partition coefficient (Wildman–Crippen LogP) is 2.74. The quantitative estimate of drug-likeness (QED) is 0.782. The molecule has 3 heterocycles. The molecule has 2 aliphatic heterocycles. The first-order valence-electron chi connectivity index (χ1n) is 6.83. The van der Waals surface area contributed by atoms with Crippen molar-refractivity contribution in [2.24, 2.45) is 0 Å². The molecule has 1 aromatic heterocycles. The summed E-state index contributed by atoms with van der Waals surface area (Å²) in [6, 6.07) is 4.62. The van der Waals surface area contributed by atoms with Crippen molar-refractivity contribution in [3.05, 3.63) is 29.0 Å². The molecule has 0 saturated heterocycles. The van der Waals surface area contributed by atoms with Crippen LogP contribution in [0.3, 0.4) is 0 Å². The number of aromatic nitrogens is 1. The molecule has 0 spiro atoms. The van der Waals surface area contributed by atoms with Crippen LogP contribution in [-0.2, 0) is 19.4 Å². The summed E-state index contributed by atoms with van der Waals surface area (Å²) in [6.45, 7) is 5.71. The van der Waals surface area contributed by atoms with Crippen LogP contribution in [0, 0.1) is 6.92 Å². The summed E-state index contributed by atoms with van der Waals surface area (Å²) in [5.41, 5.74) is 6.20. The topological polar surface area (TPSA) is 17.0 Å². The van der Waals surface area contributed by atoms with Crippen molar-refractivity contribution in [3.63, 3.8) is 0 Å². The molecule has 94 valence electrons. The first-order valence-corrected chi connectivity index (χ1v) is 7.82. The normalized spacial score (nSPS) is 18.7. The van der Waals surface area contributed by atoms with Gasteiger partial charge in [0.1, 0.15) is 0 Å². The number of aryl methyl sites for hydroxylation is 2. The zero-order chi connectivity index (χ0) is 12.1. The molecule has 1 aromatic carbocycles. The van der Waals surface area contributed by atoms with E-state index < -0.39 is 0 Å². The molecule has 2 nitrogen and oxygen atoms in total. The molecule has 0 amide bonds. The summed E-state index contributed by atoms with van der Waals surface area (Å²) < 4.78 is 2.61. The van der Waals surface area contributed by atoms with Crippen molar-refractivity contribution in [1.82, 2.24) is 9.88 Å². The zero-order valence-corrected chi connectivity index (χ0v) is 11.6. The lowest BCUT2D eigenvalue weighted by Crippen LogP contribution is -2.18. The van der Waals surface area contributed by atoms with Crippen molar-refractivity contribution in [2.45, 2.75) is 31.2 Å². The molecular weight excluding hydrogens is 240 g/mol. The Morgan fingerprint density at radius 3 is 3.06 bits per heavy atom. The highest BCUT2D eigenvalue weighted by molar-refractivity contribution is 7.99. The van der Waals surface area contributed by atoms with E-state index in [0.29, 0.717) is 0 Å². The van der Waals surface area contributed by atoms with Crippen molar-refractivity contribution in [2.75, 3.05) is 18.8 Å². The molecule has 0 radical (unpaired) electrons. The van der Waals surface area contributed by atoms with Crippen LogP contribution in [0.5, 0.6) is 0 Å². The molecule has 2 aliphatic rings. The third kappa shape index (κ3) is 1.41. The second-order valence-electron chi connectivity index (χ2n) is 5.28. The Kier molecular flexibility index (Phi) is 2.45. The fourth-order valence-corrected chi connectivity index (χ4v) is 4.48. The van der Waals surface area contributed by atoms with Crippen LogP contribution in [0.1, 0.15) is 16.8 Å². The third-order valence-corrected chi connectivity index (χ3v) is 5.29. The molecular formula is C15H18N2S. The largest absolute Gasteiger partial charge is 0.343 e. The van der Waals surface area contributed by atoms with Crippen LogP contribution < -0.4 is 5.32 Å². The van der Waals surface area contributed by atoms with Crippen molar-refractivity contribution >= 4 is 22.7 Å². The van der Waals surface area contributed by atoms with Gasteiger partial charge in [-0.05, 0) is 37.1 Å². The summed E-state index contributed by atoms with van der Waals surface area (Å²) in [5.74, 6) is 1.22. The standard InChI is InChI=1S/C15H18N2S/c1-10-2-3-13-15-14(10)11-4-6-16-7-5-12(11)17(15)8-9-18-13/h2-3,16H,4-9H2,1H3. The summed E-state index contributed by atoms with van der Waals surface area (Å²) >= 11 is 2.02. The molecule has 0 fully saturated rings. The minimum absolute atomic E-state index is 1.13. The number of rotatable bonds is 0.